The first-order valence-electron chi connectivity index (χ1n) is 7.05. The minimum absolute atomic E-state index is 0.0429. The number of likely N-dealkylation sites (N-methyl/N-ethyl adjacent to an activating group) is 1. The standard InChI is InChI=1S/C13H24N6O/c1-9(2)20-13-16-11(14-4)15-12(17-13)19-7-6-18(5)10(3)8-19/h9-10H,6-8H2,1-5H3,(H,14,15,16,17). The summed E-state index contributed by atoms with van der Waals surface area (Å²) in [6.07, 6.45) is 0.0429. The van der Waals surface area contributed by atoms with Crippen molar-refractivity contribution >= 4 is 11.9 Å². The summed E-state index contributed by atoms with van der Waals surface area (Å²) in [6.45, 7) is 8.95. The lowest BCUT2D eigenvalue weighted by atomic mass is 10.2. The summed E-state index contributed by atoms with van der Waals surface area (Å²) in [5, 5.41) is 2.96. The van der Waals surface area contributed by atoms with Gasteiger partial charge in [-0.15, -0.1) is 0 Å². The number of nitrogens with one attached hydrogen (secondary N) is 1. The SMILES string of the molecule is CNc1nc(OC(C)C)nc(N2CCN(C)C(C)C2)n1. The molecule has 1 N–H and O–H groups in total. The predicted octanol–water partition coefficient (Wildman–Crippen LogP) is 0.841. The van der Waals surface area contributed by atoms with Crippen molar-refractivity contribution in [2.24, 2.45) is 0 Å². The molecule has 0 saturated carbocycles. The second-order valence-corrected chi connectivity index (χ2v) is 5.43. The zero-order valence-corrected chi connectivity index (χ0v) is 12.9. The maximum Gasteiger partial charge on any atom is 0.323 e. The van der Waals surface area contributed by atoms with Gasteiger partial charge in [0, 0.05) is 32.7 Å². The third-order valence-corrected chi connectivity index (χ3v) is 3.41. The first kappa shape index (κ1) is 14.8. The minimum atomic E-state index is 0.0429. The van der Waals surface area contributed by atoms with E-state index in [0.29, 0.717) is 23.9 Å². The number of aromatic nitrogens is 3. The van der Waals surface area contributed by atoms with Crippen molar-refractivity contribution in [3.05, 3.63) is 0 Å². The summed E-state index contributed by atoms with van der Waals surface area (Å²) < 4.78 is 5.60. The number of hydrogen-bond acceptors (Lipinski definition) is 7. The van der Waals surface area contributed by atoms with E-state index >= 15 is 0 Å². The fourth-order valence-corrected chi connectivity index (χ4v) is 2.09. The lowest BCUT2D eigenvalue weighted by Crippen LogP contribution is -2.50. The molecule has 1 fully saturated rings. The van der Waals surface area contributed by atoms with Gasteiger partial charge in [0.1, 0.15) is 0 Å². The molecule has 7 heteroatoms. The summed E-state index contributed by atoms with van der Waals surface area (Å²) in [5.74, 6) is 1.22. The van der Waals surface area contributed by atoms with Crippen molar-refractivity contribution in [3.63, 3.8) is 0 Å². The van der Waals surface area contributed by atoms with Crippen LogP contribution in [0.25, 0.3) is 0 Å². The van der Waals surface area contributed by atoms with Crippen molar-refractivity contribution in [2.45, 2.75) is 32.9 Å². The minimum Gasteiger partial charge on any atom is -0.461 e. The van der Waals surface area contributed by atoms with Crippen LogP contribution < -0.4 is 15.0 Å². The Labute approximate surface area is 120 Å². The highest BCUT2D eigenvalue weighted by molar-refractivity contribution is 5.38. The third-order valence-electron chi connectivity index (χ3n) is 3.41. The molecular formula is C13H24N6O. The summed E-state index contributed by atoms with van der Waals surface area (Å²) in [6, 6.07) is 0.856. The van der Waals surface area contributed by atoms with Crippen LogP contribution in [-0.2, 0) is 0 Å². The Balaban J connectivity index is 2.21. The first-order valence-corrected chi connectivity index (χ1v) is 7.05. The van der Waals surface area contributed by atoms with Crippen LogP contribution in [0.3, 0.4) is 0 Å². The Hall–Kier alpha value is -1.63. The van der Waals surface area contributed by atoms with E-state index in [1.54, 1.807) is 7.05 Å². The van der Waals surface area contributed by atoms with E-state index in [4.69, 9.17) is 4.74 Å². The van der Waals surface area contributed by atoms with Gasteiger partial charge in [-0.2, -0.15) is 15.0 Å². The molecule has 0 spiro atoms. The molecule has 0 aliphatic carbocycles. The van der Waals surface area contributed by atoms with Crippen molar-refractivity contribution in [1.82, 2.24) is 19.9 Å². The largest absolute Gasteiger partial charge is 0.461 e. The molecule has 2 heterocycles. The highest BCUT2D eigenvalue weighted by Gasteiger charge is 2.23. The Morgan fingerprint density at radius 3 is 2.60 bits per heavy atom. The van der Waals surface area contributed by atoms with Crippen LogP contribution in [-0.4, -0.2) is 65.7 Å². The summed E-state index contributed by atoms with van der Waals surface area (Å²) in [5.41, 5.74) is 0. The second-order valence-electron chi connectivity index (χ2n) is 5.43. The fourth-order valence-electron chi connectivity index (χ4n) is 2.09. The molecule has 1 aliphatic rings. The molecule has 1 aliphatic heterocycles. The van der Waals surface area contributed by atoms with Gasteiger partial charge in [-0.25, -0.2) is 0 Å². The van der Waals surface area contributed by atoms with E-state index in [2.05, 4.69) is 44.0 Å². The van der Waals surface area contributed by atoms with Gasteiger partial charge in [-0.1, -0.05) is 0 Å². The third kappa shape index (κ3) is 3.47. The molecule has 20 heavy (non-hydrogen) atoms. The number of hydrogen-bond donors (Lipinski definition) is 1. The molecule has 1 aromatic rings. The highest BCUT2D eigenvalue weighted by atomic mass is 16.5. The Kier molecular flexibility index (Phi) is 4.59. The topological polar surface area (TPSA) is 66.4 Å². The van der Waals surface area contributed by atoms with E-state index in [0.717, 1.165) is 19.6 Å². The number of anilines is 2. The summed E-state index contributed by atoms with van der Waals surface area (Å²) in [7, 11) is 3.94. The van der Waals surface area contributed by atoms with Gasteiger partial charge >= 0.3 is 6.01 Å². The molecular weight excluding hydrogens is 256 g/mol. The molecule has 0 bridgehead atoms. The first-order chi connectivity index (χ1) is 9.49. The van der Waals surface area contributed by atoms with E-state index in [-0.39, 0.29) is 6.10 Å². The Morgan fingerprint density at radius 1 is 1.25 bits per heavy atom. The van der Waals surface area contributed by atoms with Crippen LogP contribution in [0.1, 0.15) is 20.8 Å². The average Bonchev–Trinajstić information content (AvgIpc) is 2.40. The molecule has 0 aromatic carbocycles. The van der Waals surface area contributed by atoms with Crippen molar-refractivity contribution in [3.8, 4) is 6.01 Å². The molecule has 112 valence electrons. The molecule has 7 nitrogen and oxygen atoms in total. The number of nitrogens with zero attached hydrogens (tertiary/aromatic N) is 5. The zero-order chi connectivity index (χ0) is 14.7. The van der Waals surface area contributed by atoms with Crippen LogP contribution in [0.5, 0.6) is 6.01 Å². The number of ether oxygens (including phenoxy) is 1. The molecule has 1 atom stereocenters. The summed E-state index contributed by atoms with van der Waals surface area (Å²) >= 11 is 0. The maximum atomic E-state index is 5.60. The van der Waals surface area contributed by atoms with Crippen LogP contribution in [0.4, 0.5) is 11.9 Å². The van der Waals surface area contributed by atoms with Crippen molar-refractivity contribution in [1.29, 1.82) is 0 Å². The van der Waals surface area contributed by atoms with Crippen LogP contribution >= 0.6 is 0 Å². The van der Waals surface area contributed by atoms with Crippen LogP contribution in [0, 0.1) is 0 Å². The Bertz CT molecular complexity index is 452. The lowest BCUT2D eigenvalue weighted by Gasteiger charge is -2.37. The Morgan fingerprint density at radius 2 is 2.00 bits per heavy atom. The van der Waals surface area contributed by atoms with Crippen molar-refractivity contribution < 1.29 is 4.74 Å². The maximum absolute atomic E-state index is 5.60. The van der Waals surface area contributed by atoms with E-state index in [9.17, 15) is 0 Å². The highest BCUT2D eigenvalue weighted by Crippen LogP contribution is 2.18. The van der Waals surface area contributed by atoms with E-state index < -0.39 is 0 Å². The van der Waals surface area contributed by atoms with Gasteiger partial charge in [0.2, 0.25) is 11.9 Å². The zero-order valence-electron chi connectivity index (χ0n) is 12.9. The monoisotopic (exact) mass is 280 g/mol. The fraction of sp³-hybridized carbons (Fsp3) is 0.769. The van der Waals surface area contributed by atoms with Gasteiger partial charge in [-0.05, 0) is 27.8 Å². The summed E-state index contributed by atoms with van der Waals surface area (Å²) in [4.78, 5) is 17.6. The van der Waals surface area contributed by atoms with E-state index in [1.165, 1.54) is 0 Å². The molecule has 1 aromatic heterocycles. The predicted molar refractivity (Wildman–Crippen MR) is 79.4 cm³/mol. The average molecular weight is 280 g/mol. The van der Waals surface area contributed by atoms with Gasteiger partial charge in [0.25, 0.3) is 0 Å². The molecule has 1 unspecified atom stereocenters. The van der Waals surface area contributed by atoms with Gasteiger partial charge < -0.3 is 19.9 Å². The normalized spacial score (nSPS) is 20.3. The quantitative estimate of drug-likeness (QED) is 0.876. The smallest absolute Gasteiger partial charge is 0.323 e. The molecule has 1 saturated heterocycles. The van der Waals surface area contributed by atoms with Crippen LogP contribution in [0.15, 0.2) is 0 Å². The molecule has 0 amide bonds. The van der Waals surface area contributed by atoms with Crippen LogP contribution in [0.2, 0.25) is 0 Å². The number of rotatable bonds is 4. The van der Waals surface area contributed by atoms with Gasteiger partial charge in [0.05, 0.1) is 6.10 Å². The van der Waals surface area contributed by atoms with Crippen molar-refractivity contribution in [2.75, 3.05) is 43.9 Å². The second kappa shape index (κ2) is 6.21. The lowest BCUT2D eigenvalue weighted by molar-refractivity contribution is 0.219. The van der Waals surface area contributed by atoms with Gasteiger partial charge in [0.15, 0.2) is 0 Å². The number of piperazine rings is 1. The van der Waals surface area contributed by atoms with E-state index in [1.807, 2.05) is 13.8 Å². The van der Waals surface area contributed by atoms with Gasteiger partial charge in [-0.3, -0.25) is 0 Å². The molecule has 2 rings (SSSR count). The molecule has 0 radical (unpaired) electrons.